The molecule has 9 nitrogen and oxygen atoms in total. The molecular weight excluding hydrogens is 469 g/mol. The van der Waals surface area contributed by atoms with Gasteiger partial charge in [-0.15, -0.1) is 0 Å². The molecule has 1 aliphatic carbocycles. The zero-order valence-electron chi connectivity index (χ0n) is 18.9. The number of aromatic amines is 1. The molecule has 0 radical (unpaired) electrons. The molecule has 0 spiro atoms. The van der Waals surface area contributed by atoms with Crippen LogP contribution in [-0.4, -0.2) is 54.6 Å². The van der Waals surface area contributed by atoms with Crippen LogP contribution in [0.3, 0.4) is 0 Å². The number of aryl methyl sites for hydroxylation is 1. The Morgan fingerprint density at radius 1 is 1.20 bits per heavy atom. The van der Waals surface area contributed by atoms with E-state index in [2.05, 4.69) is 30.2 Å². The van der Waals surface area contributed by atoms with E-state index in [4.69, 9.17) is 22.3 Å². The fraction of sp³-hybridized carbons (Fsp3) is 0.292. The summed E-state index contributed by atoms with van der Waals surface area (Å²) in [6, 6.07) is 6.80. The summed E-state index contributed by atoms with van der Waals surface area (Å²) in [5, 5.41) is 13.4. The number of benzene rings is 1. The second kappa shape index (κ2) is 8.54. The molecule has 35 heavy (non-hydrogen) atoms. The van der Waals surface area contributed by atoms with Crippen LogP contribution in [0.5, 0.6) is 0 Å². The first kappa shape index (κ1) is 21.9. The number of hydrogen-bond acceptors (Lipinski definition) is 7. The second-order valence-electron chi connectivity index (χ2n) is 8.97. The summed E-state index contributed by atoms with van der Waals surface area (Å²) in [7, 11) is 1.88. The number of anilines is 1. The lowest BCUT2D eigenvalue weighted by Gasteiger charge is -2.19. The molecule has 0 bridgehead atoms. The second-order valence-corrected chi connectivity index (χ2v) is 9.34. The Morgan fingerprint density at radius 2 is 2.03 bits per heavy atom. The van der Waals surface area contributed by atoms with Gasteiger partial charge in [0, 0.05) is 43.5 Å². The van der Waals surface area contributed by atoms with Crippen molar-refractivity contribution in [3.63, 3.8) is 0 Å². The highest BCUT2D eigenvalue weighted by molar-refractivity contribution is 6.38. The Hall–Kier alpha value is -3.63. The molecule has 2 aliphatic rings. The van der Waals surface area contributed by atoms with Crippen molar-refractivity contribution < 1.29 is 4.39 Å². The molecule has 2 unspecified atom stereocenters. The van der Waals surface area contributed by atoms with Gasteiger partial charge in [0.1, 0.15) is 17.2 Å². The van der Waals surface area contributed by atoms with Gasteiger partial charge in [-0.3, -0.25) is 14.8 Å². The molecule has 11 heteroatoms. The van der Waals surface area contributed by atoms with E-state index in [1.54, 1.807) is 10.7 Å². The number of nitrogens with one attached hydrogen (secondary N) is 1. The molecule has 178 valence electrons. The Bertz CT molecular complexity index is 1500. The average molecular weight is 492 g/mol. The monoisotopic (exact) mass is 491 g/mol. The standard InChI is InChI=1S/C19H19ClN8.C5H4FN/c1-27-6-13-14(26-27)3-2-9(16(13)20)17-18-19(25-24-17)23-15(5-22-18)28-7-11-10(4-21)12(11)8-28;6-5-2-1-3-7-4-5/h2-3,5-6,10-12H,4,7-8,21H2,1H3,(H,23,24,25);1-4H. The number of halogens is 2. The van der Waals surface area contributed by atoms with E-state index < -0.39 is 0 Å². The van der Waals surface area contributed by atoms with Gasteiger partial charge in [0.15, 0.2) is 0 Å². The largest absolute Gasteiger partial charge is 0.355 e. The van der Waals surface area contributed by atoms with Gasteiger partial charge in [0.05, 0.1) is 28.6 Å². The number of H-pyrrole nitrogens is 1. The molecule has 1 saturated carbocycles. The van der Waals surface area contributed by atoms with Crippen LogP contribution in [0.25, 0.3) is 33.3 Å². The lowest BCUT2D eigenvalue weighted by Crippen LogP contribution is -2.26. The number of nitrogens with two attached hydrogens (primary N) is 1. The van der Waals surface area contributed by atoms with Crippen molar-refractivity contribution in [2.45, 2.75) is 0 Å². The van der Waals surface area contributed by atoms with E-state index in [1.165, 1.54) is 18.5 Å². The van der Waals surface area contributed by atoms with Gasteiger partial charge in [0.2, 0.25) is 5.65 Å². The van der Waals surface area contributed by atoms with Gasteiger partial charge in [0.25, 0.3) is 0 Å². The number of piperidine rings is 1. The fourth-order valence-corrected chi connectivity index (χ4v) is 5.33. The maximum Gasteiger partial charge on any atom is 0.202 e. The molecule has 1 aliphatic heterocycles. The van der Waals surface area contributed by atoms with Crippen molar-refractivity contribution in [1.29, 1.82) is 0 Å². The van der Waals surface area contributed by atoms with Gasteiger partial charge < -0.3 is 10.6 Å². The quantitative estimate of drug-likeness (QED) is 0.397. The zero-order valence-corrected chi connectivity index (χ0v) is 19.7. The maximum atomic E-state index is 11.8. The molecular formula is C24H23ClFN9. The number of pyridine rings is 1. The summed E-state index contributed by atoms with van der Waals surface area (Å²) in [6.07, 6.45) is 6.44. The minimum atomic E-state index is -0.289. The summed E-state index contributed by atoms with van der Waals surface area (Å²) >= 11 is 6.66. The maximum absolute atomic E-state index is 11.8. The lowest BCUT2D eigenvalue weighted by atomic mass is 10.1. The number of rotatable bonds is 3. The molecule has 2 fully saturated rings. The number of fused-ring (bicyclic) bond motifs is 3. The summed E-state index contributed by atoms with van der Waals surface area (Å²) in [6.45, 7) is 2.81. The molecule has 1 saturated heterocycles. The molecule has 4 aromatic heterocycles. The summed E-state index contributed by atoms with van der Waals surface area (Å²) in [5.74, 6) is 2.70. The third-order valence-electron chi connectivity index (χ3n) is 6.85. The first-order chi connectivity index (χ1) is 17.0. The Kier molecular flexibility index (Phi) is 5.34. The molecule has 0 amide bonds. The minimum Gasteiger partial charge on any atom is -0.355 e. The first-order valence-electron chi connectivity index (χ1n) is 11.4. The smallest absolute Gasteiger partial charge is 0.202 e. The molecule has 7 rings (SSSR count). The van der Waals surface area contributed by atoms with Gasteiger partial charge in [-0.05, 0) is 48.6 Å². The van der Waals surface area contributed by atoms with Crippen LogP contribution in [0.1, 0.15) is 0 Å². The Morgan fingerprint density at radius 3 is 2.71 bits per heavy atom. The Balaban J connectivity index is 0.000000284. The normalized spacial score (nSPS) is 20.7. The van der Waals surface area contributed by atoms with Crippen molar-refractivity contribution in [2.24, 2.45) is 30.5 Å². The lowest BCUT2D eigenvalue weighted by molar-refractivity contribution is 0.621. The molecule has 3 N–H and O–H groups in total. The van der Waals surface area contributed by atoms with E-state index in [1.807, 2.05) is 31.6 Å². The van der Waals surface area contributed by atoms with Crippen LogP contribution in [0.15, 0.2) is 49.1 Å². The van der Waals surface area contributed by atoms with Gasteiger partial charge in [-0.25, -0.2) is 14.4 Å². The fourth-order valence-electron chi connectivity index (χ4n) is 5.03. The van der Waals surface area contributed by atoms with Crippen LogP contribution in [0, 0.1) is 23.6 Å². The van der Waals surface area contributed by atoms with Crippen LogP contribution < -0.4 is 10.6 Å². The van der Waals surface area contributed by atoms with Crippen molar-refractivity contribution >= 4 is 39.5 Å². The average Bonchev–Trinajstić information content (AvgIpc) is 3.26. The predicted molar refractivity (Wildman–Crippen MR) is 132 cm³/mol. The summed E-state index contributed by atoms with van der Waals surface area (Å²) < 4.78 is 13.6. The first-order valence-corrected chi connectivity index (χ1v) is 11.7. The van der Waals surface area contributed by atoms with Crippen LogP contribution in [-0.2, 0) is 7.05 Å². The zero-order chi connectivity index (χ0) is 24.1. The predicted octanol–water partition coefficient (Wildman–Crippen LogP) is 3.42. The highest BCUT2D eigenvalue weighted by atomic mass is 35.5. The van der Waals surface area contributed by atoms with Crippen molar-refractivity contribution in [3.8, 4) is 11.3 Å². The van der Waals surface area contributed by atoms with Gasteiger partial charge in [-0.2, -0.15) is 10.2 Å². The SMILES string of the molecule is Cn1cc2c(Cl)c(-c3[nH]nc4nc(N5CC6C(CN)C6C5)cnc34)ccc2n1.Fc1cccnc1. The molecule has 1 aromatic carbocycles. The highest BCUT2D eigenvalue weighted by Crippen LogP contribution is 2.51. The number of hydrogen-bond donors (Lipinski definition) is 2. The van der Waals surface area contributed by atoms with Gasteiger partial charge >= 0.3 is 0 Å². The summed E-state index contributed by atoms with van der Waals surface area (Å²) in [4.78, 5) is 15.2. The van der Waals surface area contributed by atoms with Crippen LogP contribution in [0.2, 0.25) is 5.02 Å². The van der Waals surface area contributed by atoms with E-state index >= 15 is 0 Å². The van der Waals surface area contributed by atoms with E-state index in [0.29, 0.717) is 28.4 Å². The van der Waals surface area contributed by atoms with Crippen LogP contribution >= 0.6 is 11.6 Å². The van der Waals surface area contributed by atoms with Gasteiger partial charge in [-0.1, -0.05) is 11.6 Å². The van der Waals surface area contributed by atoms with Crippen molar-refractivity contribution in [3.05, 3.63) is 59.9 Å². The van der Waals surface area contributed by atoms with Crippen molar-refractivity contribution in [1.82, 2.24) is 34.9 Å². The van der Waals surface area contributed by atoms with E-state index in [9.17, 15) is 4.39 Å². The number of aromatic nitrogens is 7. The number of nitrogens with zero attached hydrogens (tertiary/aromatic N) is 7. The third kappa shape index (κ3) is 3.88. The molecule has 5 heterocycles. The summed E-state index contributed by atoms with van der Waals surface area (Å²) in [5.41, 5.74) is 9.62. The third-order valence-corrected chi connectivity index (χ3v) is 7.26. The Labute approximate surface area is 205 Å². The molecule has 5 aromatic rings. The van der Waals surface area contributed by atoms with E-state index in [0.717, 1.165) is 53.1 Å². The van der Waals surface area contributed by atoms with E-state index in [-0.39, 0.29) is 5.82 Å². The van der Waals surface area contributed by atoms with Crippen molar-refractivity contribution in [2.75, 3.05) is 24.5 Å². The minimum absolute atomic E-state index is 0.289. The topological polar surface area (TPSA) is 114 Å². The molecule has 2 atom stereocenters. The van der Waals surface area contributed by atoms with Crippen LogP contribution in [0.4, 0.5) is 10.2 Å². The highest BCUT2D eigenvalue weighted by Gasteiger charge is 2.54.